The number of benzene rings is 4. The van der Waals surface area contributed by atoms with Crippen LogP contribution in [0.15, 0.2) is 97.1 Å². The Bertz CT molecular complexity index is 1810. The van der Waals surface area contributed by atoms with Gasteiger partial charge in [0.15, 0.2) is 17.3 Å². The number of hydrogen-bond acceptors (Lipinski definition) is 6. The van der Waals surface area contributed by atoms with E-state index < -0.39 is 29.2 Å². The molecular formula is C36H28FNO5. The number of carbonyl (C=O) groups excluding carboxylic acids is 3. The third-order valence-electron chi connectivity index (χ3n) is 8.94. The zero-order chi connectivity index (χ0) is 29.9. The predicted molar refractivity (Wildman–Crippen MR) is 161 cm³/mol. The van der Waals surface area contributed by atoms with E-state index in [0.29, 0.717) is 51.6 Å². The number of fused-ring (bicyclic) bond motifs is 5. The molecule has 0 radical (unpaired) electrons. The molecule has 214 valence electrons. The lowest BCUT2D eigenvalue weighted by molar-refractivity contribution is 0.0664. The Labute approximate surface area is 248 Å². The maximum Gasteiger partial charge on any atom is 0.186 e. The van der Waals surface area contributed by atoms with Crippen LogP contribution in [-0.2, 0) is 0 Å². The topological polar surface area (TPSA) is 72.9 Å². The molecule has 1 fully saturated rings. The second-order valence-electron chi connectivity index (χ2n) is 11.0. The van der Waals surface area contributed by atoms with E-state index in [0.717, 1.165) is 0 Å². The van der Waals surface area contributed by atoms with Crippen LogP contribution in [0.2, 0.25) is 0 Å². The molecule has 4 aromatic rings. The second-order valence-corrected chi connectivity index (χ2v) is 11.0. The van der Waals surface area contributed by atoms with Crippen LogP contribution < -0.4 is 14.4 Å². The zero-order valence-electron chi connectivity index (χ0n) is 23.6. The fraction of sp³-hybridized carbons (Fsp3) is 0.194. The van der Waals surface area contributed by atoms with Gasteiger partial charge in [0.2, 0.25) is 0 Å². The summed E-state index contributed by atoms with van der Waals surface area (Å²) in [4.78, 5) is 46.3. The summed E-state index contributed by atoms with van der Waals surface area (Å²) in [7, 11) is 1.53. The molecule has 0 amide bonds. The Kier molecular flexibility index (Phi) is 6.27. The Hall–Kier alpha value is -5.04. The SMILES string of the molecule is CCOc1ccccc1[C@H]1[C@H](C(=O)c2cccc(OC)c2)N2c3ccc(F)cc3C=CC2C12C(=O)c1ccccc1C2=O. The van der Waals surface area contributed by atoms with E-state index in [9.17, 15) is 18.8 Å². The molecule has 1 unspecified atom stereocenters. The van der Waals surface area contributed by atoms with Crippen LogP contribution in [0.1, 0.15) is 55.0 Å². The van der Waals surface area contributed by atoms with Gasteiger partial charge in [-0.1, -0.05) is 66.7 Å². The zero-order valence-corrected chi connectivity index (χ0v) is 23.6. The number of rotatable bonds is 6. The lowest BCUT2D eigenvalue weighted by Crippen LogP contribution is -2.48. The van der Waals surface area contributed by atoms with Gasteiger partial charge in [-0.3, -0.25) is 14.4 Å². The Balaban J connectivity index is 1.56. The van der Waals surface area contributed by atoms with Crippen molar-refractivity contribution in [2.45, 2.75) is 24.9 Å². The average Bonchev–Trinajstić information content (AvgIpc) is 3.47. The van der Waals surface area contributed by atoms with Crippen molar-refractivity contribution < 1.29 is 28.2 Å². The van der Waals surface area contributed by atoms with Gasteiger partial charge in [-0.25, -0.2) is 4.39 Å². The largest absolute Gasteiger partial charge is 0.497 e. The molecule has 2 aliphatic heterocycles. The van der Waals surface area contributed by atoms with E-state index >= 15 is 0 Å². The Morgan fingerprint density at radius 1 is 0.907 bits per heavy atom. The molecule has 43 heavy (non-hydrogen) atoms. The summed E-state index contributed by atoms with van der Waals surface area (Å²) in [6.07, 6.45) is 3.52. The van der Waals surface area contributed by atoms with E-state index in [1.54, 1.807) is 72.8 Å². The highest BCUT2D eigenvalue weighted by molar-refractivity contribution is 6.32. The van der Waals surface area contributed by atoms with E-state index in [2.05, 4.69) is 0 Å². The number of halogens is 1. The van der Waals surface area contributed by atoms with Crippen molar-refractivity contribution >= 4 is 29.1 Å². The number of para-hydroxylation sites is 1. The maximum absolute atomic E-state index is 14.9. The quantitative estimate of drug-likeness (QED) is 0.192. The van der Waals surface area contributed by atoms with Crippen molar-refractivity contribution in [2.24, 2.45) is 5.41 Å². The minimum Gasteiger partial charge on any atom is -0.497 e. The van der Waals surface area contributed by atoms with Gasteiger partial charge >= 0.3 is 0 Å². The molecule has 0 aromatic heterocycles. The first-order chi connectivity index (χ1) is 20.9. The molecule has 7 rings (SSSR count). The average molecular weight is 574 g/mol. The third-order valence-corrected chi connectivity index (χ3v) is 8.94. The normalized spacial score (nSPS) is 21.0. The lowest BCUT2D eigenvalue weighted by atomic mass is 9.64. The molecule has 6 nitrogen and oxygen atoms in total. The van der Waals surface area contributed by atoms with Crippen LogP contribution in [0.25, 0.3) is 6.08 Å². The van der Waals surface area contributed by atoms with Crippen molar-refractivity contribution in [1.82, 2.24) is 0 Å². The molecule has 0 bridgehead atoms. The van der Waals surface area contributed by atoms with E-state index in [1.807, 2.05) is 30.0 Å². The number of anilines is 1. The van der Waals surface area contributed by atoms with Crippen LogP contribution in [0.3, 0.4) is 0 Å². The van der Waals surface area contributed by atoms with Crippen LogP contribution >= 0.6 is 0 Å². The standard InChI is InChI=1S/C36H28FNO5/c1-3-43-29-14-7-6-13-27(29)31-32(33(39)22-9-8-10-24(20-22)42-2)38-28-17-16-23(37)19-21(28)15-18-30(38)36(31)34(40)25-11-4-5-12-26(25)35(36)41/h4-20,30-32H,3H2,1-2H3/t30?,31-,32+/m0/s1. The molecular weight excluding hydrogens is 545 g/mol. The van der Waals surface area contributed by atoms with E-state index in [-0.39, 0.29) is 17.3 Å². The number of methoxy groups -OCH3 is 1. The summed E-state index contributed by atoms with van der Waals surface area (Å²) in [5.41, 5.74) is 1.07. The summed E-state index contributed by atoms with van der Waals surface area (Å²) in [6, 6.07) is 23.5. The van der Waals surface area contributed by atoms with E-state index in [4.69, 9.17) is 9.47 Å². The highest BCUT2D eigenvalue weighted by Gasteiger charge is 2.72. The smallest absolute Gasteiger partial charge is 0.186 e. The monoisotopic (exact) mass is 573 g/mol. The number of hydrogen-bond donors (Lipinski definition) is 0. The van der Waals surface area contributed by atoms with E-state index in [1.165, 1.54) is 19.2 Å². The van der Waals surface area contributed by atoms with Gasteiger partial charge < -0.3 is 14.4 Å². The van der Waals surface area contributed by atoms with Gasteiger partial charge in [0.25, 0.3) is 0 Å². The molecule has 1 saturated heterocycles. The molecule has 3 atom stereocenters. The van der Waals surface area contributed by atoms with Crippen LogP contribution in [0.5, 0.6) is 11.5 Å². The van der Waals surface area contributed by atoms with Crippen molar-refractivity contribution in [2.75, 3.05) is 18.6 Å². The number of ether oxygens (including phenoxy) is 2. The molecule has 7 heteroatoms. The van der Waals surface area contributed by atoms with Gasteiger partial charge in [0.1, 0.15) is 28.8 Å². The highest BCUT2D eigenvalue weighted by Crippen LogP contribution is 2.62. The second kappa shape index (κ2) is 10.1. The van der Waals surface area contributed by atoms with Crippen LogP contribution in [0.4, 0.5) is 10.1 Å². The summed E-state index contributed by atoms with van der Waals surface area (Å²) in [6.45, 7) is 2.21. The number of nitrogens with zero attached hydrogens (tertiary/aromatic N) is 1. The molecule has 1 spiro atoms. The van der Waals surface area contributed by atoms with Crippen LogP contribution in [0, 0.1) is 11.2 Å². The molecule has 4 aromatic carbocycles. The number of Topliss-reactive ketones (excluding diaryl/α,β-unsaturated/α-hetero) is 3. The fourth-order valence-corrected chi connectivity index (χ4v) is 7.26. The molecule has 0 saturated carbocycles. The first-order valence-corrected chi connectivity index (χ1v) is 14.3. The van der Waals surface area contributed by atoms with Crippen molar-refractivity contribution in [3.63, 3.8) is 0 Å². The fourth-order valence-electron chi connectivity index (χ4n) is 7.26. The van der Waals surface area contributed by atoms with Crippen LogP contribution in [-0.4, -0.2) is 43.2 Å². The summed E-state index contributed by atoms with van der Waals surface area (Å²) in [5, 5.41) is 0. The minimum absolute atomic E-state index is 0.292. The number of carbonyl (C=O) groups is 3. The van der Waals surface area contributed by atoms with Gasteiger partial charge in [0.05, 0.1) is 19.8 Å². The van der Waals surface area contributed by atoms with Gasteiger partial charge in [0, 0.05) is 39.4 Å². The Morgan fingerprint density at radius 3 is 2.35 bits per heavy atom. The van der Waals surface area contributed by atoms with Crippen molar-refractivity contribution in [3.8, 4) is 11.5 Å². The molecule has 2 heterocycles. The van der Waals surface area contributed by atoms with Crippen molar-refractivity contribution in [1.29, 1.82) is 0 Å². The molecule has 0 N–H and O–H groups in total. The Morgan fingerprint density at radius 2 is 1.63 bits per heavy atom. The summed E-state index contributed by atoms with van der Waals surface area (Å²) < 4.78 is 26.0. The lowest BCUT2D eigenvalue weighted by Gasteiger charge is -2.37. The number of ketones is 3. The first-order valence-electron chi connectivity index (χ1n) is 14.3. The van der Waals surface area contributed by atoms with Gasteiger partial charge in [-0.15, -0.1) is 0 Å². The third kappa shape index (κ3) is 3.74. The van der Waals surface area contributed by atoms with Crippen molar-refractivity contribution in [3.05, 3.63) is 131 Å². The summed E-state index contributed by atoms with van der Waals surface area (Å²) in [5.74, 6) is -1.33. The molecule has 1 aliphatic carbocycles. The molecule has 3 aliphatic rings. The van der Waals surface area contributed by atoms with Gasteiger partial charge in [-0.2, -0.15) is 0 Å². The maximum atomic E-state index is 14.9. The summed E-state index contributed by atoms with van der Waals surface area (Å²) >= 11 is 0. The first kappa shape index (κ1) is 26.8. The highest BCUT2D eigenvalue weighted by atomic mass is 19.1. The van der Waals surface area contributed by atoms with Gasteiger partial charge in [-0.05, 0) is 43.3 Å². The predicted octanol–water partition coefficient (Wildman–Crippen LogP) is 6.55. The minimum atomic E-state index is -1.68.